The lowest BCUT2D eigenvalue weighted by Crippen LogP contribution is -2.40. The number of aliphatic hydroxyl groups excluding tert-OH is 1. The lowest BCUT2D eigenvalue weighted by atomic mass is 9.93. The van der Waals surface area contributed by atoms with Crippen LogP contribution in [0.1, 0.15) is 24.1 Å². The Balaban J connectivity index is 1.79. The molecule has 6 heteroatoms. The molecule has 1 fully saturated rings. The Bertz CT molecular complexity index is 738. The maximum atomic E-state index is 13.3. The van der Waals surface area contributed by atoms with E-state index in [1.165, 1.54) is 0 Å². The number of hydrogen-bond acceptors (Lipinski definition) is 5. The molecule has 2 unspecified atom stereocenters. The fourth-order valence-corrected chi connectivity index (χ4v) is 3.46. The van der Waals surface area contributed by atoms with E-state index < -0.39 is 0 Å². The van der Waals surface area contributed by atoms with E-state index in [9.17, 15) is 9.90 Å². The van der Waals surface area contributed by atoms with Crippen molar-refractivity contribution in [2.45, 2.75) is 19.5 Å². The number of hydrazine groups is 1. The summed E-state index contributed by atoms with van der Waals surface area (Å²) in [6.45, 7) is 3.68. The molecule has 3 rings (SSSR count). The van der Waals surface area contributed by atoms with Gasteiger partial charge in [0.25, 0.3) is 0 Å². The van der Waals surface area contributed by atoms with Crippen molar-refractivity contribution in [3.05, 3.63) is 65.7 Å². The standard InChI is InChI=1S/C21H27N3O3/c1-2-27-19-11-7-6-10-17(19)15-24(12-13-25)21(26)18-14-22-23-20(18)16-8-4-3-5-9-16/h3-11,18,20,22-23,25H,2,12-15H2,1H3. The van der Waals surface area contributed by atoms with Gasteiger partial charge in [0, 0.05) is 25.2 Å². The molecule has 0 aliphatic carbocycles. The molecule has 0 spiro atoms. The Morgan fingerprint density at radius 3 is 2.67 bits per heavy atom. The van der Waals surface area contributed by atoms with Crippen LogP contribution in [-0.4, -0.2) is 42.2 Å². The highest BCUT2D eigenvalue weighted by molar-refractivity contribution is 5.80. The number of rotatable bonds is 8. The predicted molar refractivity (Wildman–Crippen MR) is 104 cm³/mol. The minimum Gasteiger partial charge on any atom is -0.494 e. The fraction of sp³-hybridized carbons (Fsp3) is 0.381. The van der Waals surface area contributed by atoms with Crippen molar-refractivity contribution in [1.82, 2.24) is 15.8 Å². The third-order valence-electron chi connectivity index (χ3n) is 4.77. The highest BCUT2D eigenvalue weighted by Crippen LogP contribution is 2.28. The Hall–Kier alpha value is -2.41. The lowest BCUT2D eigenvalue weighted by molar-refractivity contribution is -0.136. The van der Waals surface area contributed by atoms with E-state index in [4.69, 9.17) is 4.74 Å². The maximum absolute atomic E-state index is 13.3. The second-order valence-corrected chi connectivity index (χ2v) is 6.54. The van der Waals surface area contributed by atoms with E-state index in [0.717, 1.165) is 16.9 Å². The first-order valence-electron chi connectivity index (χ1n) is 9.38. The molecule has 1 heterocycles. The van der Waals surface area contributed by atoms with Crippen LogP contribution in [0.2, 0.25) is 0 Å². The van der Waals surface area contributed by atoms with Crippen LogP contribution in [0.25, 0.3) is 0 Å². The van der Waals surface area contributed by atoms with E-state index >= 15 is 0 Å². The molecule has 2 aromatic carbocycles. The van der Waals surface area contributed by atoms with Gasteiger partial charge in [-0.3, -0.25) is 10.2 Å². The second kappa shape index (κ2) is 9.50. The molecule has 3 N–H and O–H groups in total. The molecule has 27 heavy (non-hydrogen) atoms. The van der Waals surface area contributed by atoms with Gasteiger partial charge in [-0.2, -0.15) is 0 Å². The van der Waals surface area contributed by atoms with Crippen LogP contribution >= 0.6 is 0 Å². The Kier molecular flexibility index (Phi) is 6.81. The predicted octanol–water partition coefficient (Wildman–Crippen LogP) is 1.87. The van der Waals surface area contributed by atoms with Crippen LogP contribution in [-0.2, 0) is 11.3 Å². The Labute approximate surface area is 160 Å². The number of benzene rings is 2. The molecule has 0 bridgehead atoms. The molecule has 144 valence electrons. The number of aliphatic hydroxyl groups is 1. The number of para-hydroxylation sites is 1. The van der Waals surface area contributed by atoms with E-state index in [2.05, 4.69) is 10.9 Å². The normalized spacial score (nSPS) is 19.0. The molecule has 0 saturated carbocycles. The monoisotopic (exact) mass is 369 g/mol. The summed E-state index contributed by atoms with van der Waals surface area (Å²) in [5.41, 5.74) is 8.33. The van der Waals surface area contributed by atoms with Crippen molar-refractivity contribution in [2.75, 3.05) is 26.3 Å². The number of ether oxygens (including phenoxy) is 1. The van der Waals surface area contributed by atoms with Crippen molar-refractivity contribution in [2.24, 2.45) is 5.92 Å². The van der Waals surface area contributed by atoms with E-state index in [0.29, 0.717) is 19.7 Å². The molecule has 1 saturated heterocycles. The summed E-state index contributed by atoms with van der Waals surface area (Å²) >= 11 is 0. The van der Waals surface area contributed by atoms with Crippen LogP contribution in [0, 0.1) is 5.92 Å². The third kappa shape index (κ3) is 4.66. The number of carbonyl (C=O) groups excluding carboxylic acids is 1. The first-order chi connectivity index (χ1) is 13.2. The number of hydrogen-bond donors (Lipinski definition) is 3. The minimum absolute atomic E-state index is 0.0155. The maximum Gasteiger partial charge on any atom is 0.229 e. The smallest absolute Gasteiger partial charge is 0.229 e. The fourth-order valence-electron chi connectivity index (χ4n) is 3.46. The molecule has 1 aliphatic rings. The molecule has 0 radical (unpaired) electrons. The zero-order valence-electron chi connectivity index (χ0n) is 15.6. The van der Waals surface area contributed by atoms with Crippen molar-refractivity contribution in [3.63, 3.8) is 0 Å². The van der Waals surface area contributed by atoms with Gasteiger partial charge >= 0.3 is 0 Å². The number of nitrogens with one attached hydrogen (secondary N) is 2. The van der Waals surface area contributed by atoms with Crippen molar-refractivity contribution >= 4 is 5.91 Å². The second-order valence-electron chi connectivity index (χ2n) is 6.54. The van der Waals surface area contributed by atoms with Gasteiger partial charge < -0.3 is 14.7 Å². The van der Waals surface area contributed by atoms with E-state index in [1.54, 1.807) is 4.90 Å². The van der Waals surface area contributed by atoms with Crippen molar-refractivity contribution in [1.29, 1.82) is 0 Å². The molecule has 1 amide bonds. The van der Waals surface area contributed by atoms with Gasteiger partial charge in [-0.25, -0.2) is 5.43 Å². The molecule has 2 atom stereocenters. The van der Waals surface area contributed by atoms with Gasteiger partial charge in [-0.1, -0.05) is 48.5 Å². The minimum atomic E-state index is -0.238. The summed E-state index contributed by atoms with van der Waals surface area (Å²) in [5.74, 6) is 0.554. The molecular formula is C21H27N3O3. The third-order valence-corrected chi connectivity index (χ3v) is 4.77. The van der Waals surface area contributed by atoms with Gasteiger partial charge in [-0.15, -0.1) is 0 Å². The summed E-state index contributed by atoms with van der Waals surface area (Å²) in [6, 6.07) is 17.6. The highest BCUT2D eigenvalue weighted by Gasteiger charge is 2.36. The lowest BCUT2D eigenvalue weighted by Gasteiger charge is -2.28. The van der Waals surface area contributed by atoms with Crippen LogP contribution in [0.3, 0.4) is 0 Å². The van der Waals surface area contributed by atoms with E-state index in [1.807, 2.05) is 61.5 Å². The van der Waals surface area contributed by atoms with E-state index in [-0.39, 0.29) is 31.0 Å². The SMILES string of the molecule is CCOc1ccccc1CN(CCO)C(=O)C1CNNC1c1ccccc1. The molecule has 1 aliphatic heterocycles. The number of amides is 1. The Morgan fingerprint density at radius 2 is 1.93 bits per heavy atom. The van der Waals surface area contributed by atoms with Crippen LogP contribution in [0.4, 0.5) is 0 Å². The average molecular weight is 369 g/mol. The number of carbonyl (C=O) groups is 1. The summed E-state index contributed by atoms with van der Waals surface area (Å²) in [4.78, 5) is 15.0. The zero-order valence-corrected chi connectivity index (χ0v) is 15.6. The summed E-state index contributed by atoms with van der Waals surface area (Å²) in [6.07, 6.45) is 0. The zero-order chi connectivity index (χ0) is 19.1. The van der Waals surface area contributed by atoms with Crippen molar-refractivity contribution in [3.8, 4) is 5.75 Å². The first-order valence-corrected chi connectivity index (χ1v) is 9.38. The largest absolute Gasteiger partial charge is 0.494 e. The summed E-state index contributed by atoms with van der Waals surface area (Å²) in [7, 11) is 0. The van der Waals surface area contributed by atoms with Gasteiger partial charge in [0.2, 0.25) is 5.91 Å². The Morgan fingerprint density at radius 1 is 1.19 bits per heavy atom. The first kappa shape index (κ1) is 19.4. The van der Waals surface area contributed by atoms with Crippen LogP contribution in [0.15, 0.2) is 54.6 Å². The van der Waals surface area contributed by atoms with Gasteiger partial charge in [-0.05, 0) is 18.6 Å². The van der Waals surface area contributed by atoms with Gasteiger partial charge in [0.05, 0.1) is 25.2 Å². The molecule has 0 aromatic heterocycles. The van der Waals surface area contributed by atoms with Crippen LogP contribution in [0.5, 0.6) is 5.75 Å². The highest BCUT2D eigenvalue weighted by atomic mass is 16.5. The van der Waals surface area contributed by atoms with Gasteiger partial charge in [0.1, 0.15) is 5.75 Å². The summed E-state index contributed by atoms with van der Waals surface area (Å²) < 4.78 is 5.69. The molecule has 6 nitrogen and oxygen atoms in total. The topological polar surface area (TPSA) is 73.8 Å². The summed E-state index contributed by atoms with van der Waals surface area (Å²) in [5, 5.41) is 9.51. The van der Waals surface area contributed by atoms with Gasteiger partial charge in [0.15, 0.2) is 0 Å². The number of nitrogens with zero attached hydrogens (tertiary/aromatic N) is 1. The molecule has 2 aromatic rings. The quantitative estimate of drug-likeness (QED) is 0.663. The van der Waals surface area contributed by atoms with Crippen molar-refractivity contribution < 1.29 is 14.6 Å². The average Bonchev–Trinajstić information content (AvgIpc) is 3.19. The molecular weight excluding hydrogens is 342 g/mol. The van der Waals surface area contributed by atoms with Crippen LogP contribution < -0.4 is 15.6 Å².